The Balaban J connectivity index is 2.15. The molecule has 4 heteroatoms. The summed E-state index contributed by atoms with van der Waals surface area (Å²) >= 11 is 0. The topological polar surface area (TPSA) is 50.4 Å². The normalized spacial score (nSPS) is 12.6. The molecule has 0 atom stereocenters. The summed E-state index contributed by atoms with van der Waals surface area (Å²) in [7, 11) is 0. The van der Waals surface area contributed by atoms with Crippen molar-refractivity contribution in [2.45, 2.75) is 6.42 Å². The van der Waals surface area contributed by atoms with Crippen LogP contribution in [0.15, 0.2) is 18.2 Å². The average Bonchev–Trinajstić information content (AvgIpc) is 2.38. The molecule has 0 aromatic heterocycles. The first-order valence-electron chi connectivity index (χ1n) is 5.54. The van der Waals surface area contributed by atoms with Crippen LogP contribution in [0.5, 0.6) is 5.75 Å². The van der Waals surface area contributed by atoms with E-state index in [1.54, 1.807) is 6.07 Å². The Morgan fingerprint density at radius 1 is 1.59 bits per heavy atom. The third-order valence-corrected chi connectivity index (χ3v) is 2.48. The van der Waals surface area contributed by atoms with Crippen LogP contribution in [0.25, 0.3) is 0 Å². The summed E-state index contributed by atoms with van der Waals surface area (Å²) in [6.45, 7) is 1.81. The van der Waals surface area contributed by atoms with Gasteiger partial charge in [0.1, 0.15) is 6.61 Å². The van der Waals surface area contributed by atoms with Crippen LogP contribution in [-0.2, 0) is 0 Å². The molecule has 1 aromatic carbocycles. The lowest BCUT2D eigenvalue weighted by atomic mass is 10.1. The average molecular weight is 230 g/mol. The molecule has 1 heterocycles. The van der Waals surface area contributed by atoms with Crippen molar-refractivity contribution in [2.75, 3.05) is 25.0 Å². The molecule has 0 spiro atoms. The van der Waals surface area contributed by atoms with Crippen LogP contribution < -0.4 is 15.4 Å². The molecule has 0 bridgehead atoms. The number of benzene rings is 1. The predicted molar refractivity (Wildman–Crippen MR) is 66.2 cm³/mol. The Bertz CT molecular complexity index is 463. The van der Waals surface area contributed by atoms with Crippen LogP contribution in [0, 0.1) is 12.3 Å². The standard InChI is InChI=1S/C13H14N2O2/c1-2-3-7-15-13(16)10-5-4-6-11-12(10)17-9-8-14-11/h1,4-6,14H,3,7-9H2,(H,15,16). The van der Waals surface area contributed by atoms with E-state index < -0.39 is 0 Å². The molecule has 0 saturated carbocycles. The van der Waals surface area contributed by atoms with Gasteiger partial charge in [-0.25, -0.2) is 0 Å². The fraction of sp³-hybridized carbons (Fsp3) is 0.308. The minimum atomic E-state index is -0.152. The van der Waals surface area contributed by atoms with Crippen LogP contribution in [0.1, 0.15) is 16.8 Å². The van der Waals surface area contributed by atoms with Crippen LogP contribution in [0.3, 0.4) is 0 Å². The van der Waals surface area contributed by atoms with E-state index >= 15 is 0 Å². The third kappa shape index (κ3) is 2.51. The highest BCUT2D eigenvalue weighted by atomic mass is 16.5. The molecular weight excluding hydrogens is 216 g/mol. The molecular formula is C13H14N2O2. The van der Waals surface area contributed by atoms with E-state index in [9.17, 15) is 4.79 Å². The van der Waals surface area contributed by atoms with Crippen molar-refractivity contribution in [3.8, 4) is 18.1 Å². The Morgan fingerprint density at radius 2 is 2.47 bits per heavy atom. The van der Waals surface area contributed by atoms with Crippen molar-refractivity contribution in [3.05, 3.63) is 23.8 Å². The smallest absolute Gasteiger partial charge is 0.255 e. The van der Waals surface area contributed by atoms with Gasteiger partial charge >= 0.3 is 0 Å². The third-order valence-electron chi connectivity index (χ3n) is 2.48. The summed E-state index contributed by atoms with van der Waals surface area (Å²) in [6, 6.07) is 5.47. The Kier molecular flexibility index (Phi) is 3.51. The van der Waals surface area contributed by atoms with E-state index in [4.69, 9.17) is 11.2 Å². The van der Waals surface area contributed by atoms with Crippen molar-refractivity contribution in [2.24, 2.45) is 0 Å². The number of amides is 1. The van der Waals surface area contributed by atoms with Crippen molar-refractivity contribution >= 4 is 11.6 Å². The molecule has 1 aromatic rings. The first-order valence-corrected chi connectivity index (χ1v) is 5.54. The van der Waals surface area contributed by atoms with E-state index in [-0.39, 0.29) is 5.91 Å². The maximum absolute atomic E-state index is 11.9. The second-order valence-corrected chi connectivity index (χ2v) is 3.67. The number of ether oxygens (including phenoxy) is 1. The first kappa shape index (κ1) is 11.3. The molecule has 88 valence electrons. The lowest BCUT2D eigenvalue weighted by molar-refractivity contribution is 0.0950. The number of terminal acetylenes is 1. The fourth-order valence-electron chi connectivity index (χ4n) is 1.69. The monoisotopic (exact) mass is 230 g/mol. The van der Waals surface area contributed by atoms with Crippen molar-refractivity contribution in [3.63, 3.8) is 0 Å². The van der Waals surface area contributed by atoms with Gasteiger partial charge in [-0.2, -0.15) is 0 Å². The number of rotatable bonds is 3. The maximum Gasteiger partial charge on any atom is 0.255 e. The van der Waals surface area contributed by atoms with Gasteiger partial charge in [0.2, 0.25) is 0 Å². The Labute approximate surface area is 100 Å². The van der Waals surface area contributed by atoms with Gasteiger partial charge in [-0.1, -0.05) is 6.07 Å². The molecule has 0 unspecified atom stereocenters. The lowest BCUT2D eigenvalue weighted by Crippen LogP contribution is -2.27. The second kappa shape index (κ2) is 5.26. The molecule has 2 N–H and O–H groups in total. The van der Waals surface area contributed by atoms with E-state index in [0.29, 0.717) is 30.9 Å². The highest BCUT2D eigenvalue weighted by Gasteiger charge is 2.18. The highest BCUT2D eigenvalue weighted by Crippen LogP contribution is 2.30. The number of carbonyl (C=O) groups is 1. The predicted octanol–water partition coefficient (Wildman–Crippen LogP) is 1.24. The van der Waals surface area contributed by atoms with E-state index in [2.05, 4.69) is 16.6 Å². The summed E-state index contributed by atoms with van der Waals surface area (Å²) < 4.78 is 5.52. The lowest BCUT2D eigenvalue weighted by Gasteiger charge is -2.21. The fourth-order valence-corrected chi connectivity index (χ4v) is 1.69. The molecule has 0 aliphatic carbocycles. The Morgan fingerprint density at radius 3 is 3.29 bits per heavy atom. The maximum atomic E-state index is 11.9. The number of fused-ring (bicyclic) bond motifs is 1. The summed E-state index contributed by atoms with van der Waals surface area (Å²) in [4.78, 5) is 11.9. The molecule has 17 heavy (non-hydrogen) atoms. The first-order chi connectivity index (χ1) is 8.33. The van der Waals surface area contributed by atoms with E-state index in [1.807, 2.05) is 12.1 Å². The summed E-state index contributed by atoms with van der Waals surface area (Å²) in [5.41, 5.74) is 1.41. The van der Waals surface area contributed by atoms with Gasteiger partial charge in [-0.05, 0) is 12.1 Å². The molecule has 0 saturated heterocycles. The zero-order valence-corrected chi connectivity index (χ0v) is 9.45. The van der Waals surface area contributed by atoms with Crippen LogP contribution in [0.4, 0.5) is 5.69 Å². The van der Waals surface area contributed by atoms with Crippen LogP contribution in [0.2, 0.25) is 0 Å². The molecule has 0 fully saturated rings. The number of carbonyl (C=O) groups excluding carboxylic acids is 1. The van der Waals surface area contributed by atoms with Gasteiger partial charge in [-0.15, -0.1) is 12.3 Å². The zero-order valence-electron chi connectivity index (χ0n) is 9.45. The largest absolute Gasteiger partial charge is 0.489 e. The number of hydrogen-bond donors (Lipinski definition) is 2. The van der Waals surface area contributed by atoms with Gasteiger partial charge in [-0.3, -0.25) is 4.79 Å². The molecule has 1 aliphatic rings. The highest BCUT2D eigenvalue weighted by molar-refractivity contribution is 5.98. The van der Waals surface area contributed by atoms with E-state index in [1.165, 1.54) is 0 Å². The van der Waals surface area contributed by atoms with Gasteiger partial charge in [0.05, 0.1) is 11.3 Å². The summed E-state index contributed by atoms with van der Waals surface area (Å²) in [5.74, 6) is 2.95. The van der Waals surface area contributed by atoms with Crippen molar-refractivity contribution < 1.29 is 9.53 Å². The quantitative estimate of drug-likeness (QED) is 0.607. The molecule has 4 nitrogen and oxygen atoms in total. The molecule has 0 radical (unpaired) electrons. The van der Waals surface area contributed by atoms with Gasteiger partial charge < -0.3 is 15.4 Å². The van der Waals surface area contributed by atoms with Crippen molar-refractivity contribution in [1.82, 2.24) is 5.32 Å². The van der Waals surface area contributed by atoms with Crippen molar-refractivity contribution in [1.29, 1.82) is 0 Å². The van der Waals surface area contributed by atoms with E-state index in [0.717, 1.165) is 12.2 Å². The number of para-hydroxylation sites is 1. The summed E-state index contributed by atoms with van der Waals surface area (Å²) in [6.07, 6.45) is 5.66. The number of hydrogen-bond acceptors (Lipinski definition) is 3. The minimum absolute atomic E-state index is 0.152. The Hall–Kier alpha value is -2.15. The van der Waals surface area contributed by atoms with Crippen LogP contribution in [-0.4, -0.2) is 25.6 Å². The summed E-state index contributed by atoms with van der Waals surface area (Å²) in [5, 5.41) is 5.95. The SMILES string of the molecule is C#CCCNC(=O)c1cccc2c1OCCN2. The molecule has 2 rings (SSSR count). The van der Waals surface area contributed by atoms with Gasteiger partial charge in [0.25, 0.3) is 5.91 Å². The molecule has 1 amide bonds. The molecule has 1 aliphatic heterocycles. The number of nitrogens with one attached hydrogen (secondary N) is 2. The minimum Gasteiger partial charge on any atom is -0.489 e. The second-order valence-electron chi connectivity index (χ2n) is 3.67. The zero-order chi connectivity index (χ0) is 12.1. The van der Waals surface area contributed by atoms with Gasteiger partial charge in [0, 0.05) is 19.5 Å². The number of anilines is 1. The van der Waals surface area contributed by atoms with Crippen LogP contribution >= 0.6 is 0 Å². The van der Waals surface area contributed by atoms with Gasteiger partial charge in [0.15, 0.2) is 5.75 Å².